The van der Waals surface area contributed by atoms with E-state index in [0.29, 0.717) is 23.0 Å². The van der Waals surface area contributed by atoms with Crippen LogP contribution in [-0.4, -0.2) is 40.6 Å². The first-order valence-electron chi connectivity index (χ1n) is 11.1. The number of carbonyl (C=O) groups excluding carboxylic acids is 1. The molecule has 0 atom stereocenters. The molecule has 7 nitrogen and oxygen atoms in total. The first-order chi connectivity index (χ1) is 16.6. The highest BCUT2D eigenvalue weighted by molar-refractivity contribution is 6.32. The number of rotatable bonds is 7. The molecule has 174 valence electrons. The predicted octanol–water partition coefficient (Wildman–Crippen LogP) is 4.73. The summed E-state index contributed by atoms with van der Waals surface area (Å²) in [6, 6.07) is 21.0. The van der Waals surface area contributed by atoms with Gasteiger partial charge in [-0.25, -0.2) is 4.98 Å². The molecule has 0 bridgehead atoms. The smallest absolute Gasteiger partial charge is 0.262 e. The van der Waals surface area contributed by atoms with Gasteiger partial charge in [0.05, 0.1) is 29.7 Å². The van der Waals surface area contributed by atoms with E-state index in [0.717, 1.165) is 42.3 Å². The van der Waals surface area contributed by atoms with Crippen molar-refractivity contribution in [2.24, 2.45) is 0 Å². The molecule has 4 aromatic rings. The van der Waals surface area contributed by atoms with E-state index in [4.69, 9.17) is 26.1 Å². The average Bonchev–Trinajstić information content (AvgIpc) is 3.21. The van der Waals surface area contributed by atoms with Crippen LogP contribution in [0.4, 0.5) is 5.69 Å². The standard InChI is InChI=1S/C26H25ClN4O3/c1-33-23-11-10-19(28-26(32)17-34-24-9-5-2-6-20(24)27)14-18(23)15-30-12-13-31-22-8-4-3-7-21(22)29-25(31)16-30/h2-11,14H,12-13,15-17H2,1H3,(H,28,32). The van der Waals surface area contributed by atoms with Crippen molar-refractivity contribution >= 4 is 34.2 Å². The molecule has 1 amide bonds. The number of nitrogens with one attached hydrogen (secondary N) is 1. The molecule has 2 heterocycles. The summed E-state index contributed by atoms with van der Waals surface area (Å²) in [6.45, 7) is 3.09. The second-order valence-corrected chi connectivity index (χ2v) is 8.58. The third kappa shape index (κ3) is 4.71. The number of nitrogens with zero attached hydrogens (tertiary/aromatic N) is 3. The van der Waals surface area contributed by atoms with E-state index in [1.807, 2.05) is 42.5 Å². The van der Waals surface area contributed by atoms with Crippen LogP contribution in [-0.2, 0) is 24.4 Å². The maximum absolute atomic E-state index is 12.4. The molecule has 5 rings (SSSR count). The molecular weight excluding hydrogens is 452 g/mol. The van der Waals surface area contributed by atoms with Crippen LogP contribution >= 0.6 is 11.6 Å². The van der Waals surface area contributed by atoms with Gasteiger partial charge in [-0.15, -0.1) is 0 Å². The predicted molar refractivity (Wildman–Crippen MR) is 132 cm³/mol. The number of methoxy groups -OCH3 is 1. The van der Waals surface area contributed by atoms with Gasteiger partial charge < -0.3 is 19.4 Å². The van der Waals surface area contributed by atoms with Crippen LogP contribution in [0.5, 0.6) is 11.5 Å². The summed E-state index contributed by atoms with van der Waals surface area (Å²) >= 11 is 6.09. The van der Waals surface area contributed by atoms with E-state index in [2.05, 4.69) is 26.9 Å². The Bertz CT molecular complexity index is 1340. The van der Waals surface area contributed by atoms with Crippen LogP contribution in [0.2, 0.25) is 5.02 Å². The van der Waals surface area contributed by atoms with Gasteiger partial charge in [-0.05, 0) is 42.5 Å². The van der Waals surface area contributed by atoms with Crippen LogP contribution in [0, 0.1) is 0 Å². The lowest BCUT2D eigenvalue weighted by atomic mass is 10.1. The Labute approximate surface area is 202 Å². The van der Waals surface area contributed by atoms with Gasteiger partial charge in [0.1, 0.15) is 17.3 Å². The van der Waals surface area contributed by atoms with Crippen molar-refractivity contribution in [2.45, 2.75) is 19.6 Å². The van der Waals surface area contributed by atoms with Crippen molar-refractivity contribution in [3.63, 3.8) is 0 Å². The van der Waals surface area contributed by atoms with E-state index in [9.17, 15) is 4.79 Å². The van der Waals surface area contributed by atoms with Gasteiger partial charge in [0.25, 0.3) is 5.91 Å². The minimum absolute atomic E-state index is 0.132. The summed E-state index contributed by atoms with van der Waals surface area (Å²) in [7, 11) is 1.66. The minimum atomic E-state index is -0.261. The lowest BCUT2D eigenvalue weighted by Gasteiger charge is -2.28. The number of hydrogen-bond donors (Lipinski definition) is 1. The van der Waals surface area contributed by atoms with Crippen molar-refractivity contribution in [1.82, 2.24) is 14.5 Å². The number of amides is 1. The Morgan fingerprint density at radius 1 is 1.06 bits per heavy atom. The number of fused-ring (bicyclic) bond motifs is 3. The minimum Gasteiger partial charge on any atom is -0.496 e. The molecule has 1 N–H and O–H groups in total. The molecule has 1 aromatic heterocycles. The van der Waals surface area contributed by atoms with Crippen LogP contribution in [0.3, 0.4) is 0 Å². The van der Waals surface area contributed by atoms with Crippen molar-refractivity contribution in [2.75, 3.05) is 25.6 Å². The highest BCUT2D eigenvalue weighted by Crippen LogP contribution is 2.27. The molecule has 1 aliphatic heterocycles. The molecule has 0 spiro atoms. The first-order valence-corrected chi connectivity index (χ1v) is 11.5. The Morgan fingerprint density at radius 2 is 1.88 bits per heavy atom. The van der Waals surface area contributed by atoms with Crippen LogP contribution < -0.4 is 14.8 Å². The number of halogens is 1. The Balaban J connectivity index is 1.26. The third-order valence-electron chi connectivity index (χ3n) is 5.89. The number of anilines is 1. The fourth-order valence-corrected chi connectivity index (χ4v) is 4.46. The Hall–Kier alpha value is -3.55. The van der Waals surface area contributed by atoms with E-state index in [-0.39, 0.29) is 12.5 Å². The molecule has 0 saturated heterocycles. The molecule has 0 unspecified atom stereocenters. The number of imidazole rings is 1. The number of aromatic nitrogens is 2. The summed E-state index contributed by atoms with van der Waals surface area (Å²) in [4.78, 5) is 19.6. The van der Waals surface area contributed by atoms with Gasteiger partial charge in [0.2, 0.25) is 0 Å². The fourth-order valence-electron chi connectivity index (χ4n) is 4.27. The monoisotopic (exact) mass is 476 g/mol. The topological polar surface area (TPSA) is 68.6 Å². The normalized spacial score (nSPS) is 13.5. The van der Waals surface area contributed by atoms with Crippen molar-refractivity contribution in [3.8, 4) is 11.5 Å². The van der Waals surface area contributed by atoms with E-state index in [1.54, 1.807) is 19.2 Å². The van der Waals surface area contributed by atoms with E-state index >= 15 is 0 Å². The van der Waals surface area contributed by atoms with E-state index in [1.165, 1.54) is 5.52 Å². The Kier molecular flexibility index (Phi) is 6.38. The van der Waals surface area contributed by atoms with Crippen molar-refractivity contribution in [1.29, 1.82) is 0 Å². The highest BCUT2D eigenvalue weighted by Gasteiger charge is 2.21. The molecular formula is C26H25ClN4O3. The molecule has 0 saturated carbocycles. The van der Waals surface area contributed by atoms with E-state index < -0.39 is 0 Å². The largest absolute Gasteiger partial charge is 0.496 e. The summed E-state index contributed by atoms with van der Waals surface area (Å²) in [5, 5.41) is 3.37. The molecule has 8 heteroatoms. The number of benzene rings is 3. The Morgan fingerprint density at radius 3 is 2.74 bits per heavy atom. The molecule has 34 heavy (non-hydrogen) atoms. The van der Waals surface area contributed by atoms with Gasteiger partial charge in [0, 0.05) is 30.9 Å². The summed E-state index contributed by atoms with van der Waals surface area (Å²) in [5.74, 6) is 2.06. The van der Waals surface area contributed by atoms with Gasteiger partial charge >= 0.3 is 0 Å². The maximum atomic E-state index is 12.4. The zero-order valence-electron chi connectivity index (χ0n) is 18.8. The molecule has 3 aromatic carbocycles. The first kappa shape index (κ1) is 22.3. The number of ether oxygens (including phenoxy) is 2. The second-order valence-electron chi connectivity index (χ2n) is 8.17. The van der Waals surface area contributed by atoms with Crippen LogP contribution in [0.25, 0.3) is 11.0 Å². The SMILES string of the molecule is COc1ccc(NC(=O)COc2ccccc2Cl)cc1CN1CCn2c(nc3ccccc32)C1. The van der Waals surface area contributed by atoms with Gasteiger partial charge in [0.15, 0.2) is 6.61 Å². The highest BCUT2D eigenvalue weighted by atomic mass is 35.5. The second kappa shape index (κ2) is 9.75. The molecule has 0 fully saturated rings. The molecule has 0 aliphatic carbocycles. The van der Waals surface area contributed by atoms with Gasteiger partial charge in [-0.2, -0.15) is 0 Å². The summed E-state index contributed by atoms with van der Waals surface area (Å²) in [6.07, 6.45) is 0. The lowest BCUT2D eigenvalue weighted by Crippen LogP contribution is -2.33. The molecule has 0 radical (unpaired) electrons. The van der Waals surface area contributed by atoms with Crippen molar-refractivity contribution < 1.29 is 14.3 Å². The lowest BCUT2D eigenvalue weighted by molar-refractivity contribution is -0.118. The van der Waals surface area contributed by atoms with Crippen LogP contribution in [0.15, 0.2) is 66.7 Å². The van der Waals surface area contributed by atoms with Gasteiger partial charge in [-0.1, -0.05) is 35.9 Å². The molecule has 1 aliphatic rings. The summed E-state index contributed by atoms with van der Waals surface area (Å²) < 4.78 is 13.4. The van der Waals surface area contributed by atoms with Crippen molar-refractivity contribution in [3.05, 3.63) is 83.1 Å². The van der Waals surface area contributed by atoms with Crippen LogP contribution in [0.1, 0.15) is 11.4 Å². The maximum Gasteiger partial charge on any atom is 0.262 e. The number of carbonyl (C=O) groups is 1. The summed E-state index contributed by atoms with van der Waals surface area (Å²) in [5.41, 5.74) is 3.89. The average molecular weight is 477 g/mol. The third-order valence-corrected chi connectivity index (χ3v) is 6.20. The fraction of sp³-hybridized carbons (Fsp3) is 0.231. The zero-order chi connectivity index (χ0) is 23.5. The number of hydrogen-bond acceptors (Lipinski definition) is 5. The number of para-hydroxylation sites is 3. The van der Waals surface area contributed by atoms with Gasteiger partial charge in [-0.3, -0.25) is 9.69 Å². The quantitative estimate of drug-likeness (QED) is 0.417. The zero-order valence-corrected chi connectivity index (χ0v) is 19.6.